The fraction of sp³-hybridized carbons (Fsp3) is 0.600. The van der Waals surface area contributed by atoms with E-state index in [1.54, 1.807) is 0 Å². The van der Waals surface area contributed by atoms with Gasteiger partial charge in [-0.15, -0.1) is 5.10 Å². The lowest BCUT2D eigenvalue weighted by Crippen LogP contribution is -2.36. The van der Waals surface area contributed by atoms with Gasteiger partial charge in [0.25, 0.3) is 5.91 Å². The van der Waals surface area contributed by atoms with Gasteiger partial charge in [-0.05, 0) is 12.8 Å². The van der Waals surface area contributed by atoms with Crippen molar-refractivity contribution in [2.45, 2.75) is 31.2 Å². The molecule has 7 nitrogen and oxygen atoms in total. The molecule has 1 aromatic rings. The fourth-order valence-corrected chi connectivity index (χ4v) is 1.87. The molecule has 3 N–H and O–H groups in total. The van der Waals surface area contributed by atoms with Crippen LogP contribution in [0.2, 0.25) is 0 Å². The number of carbonyl (C=O) groups excluding carboxylic acids is 2. The van der Waals surface area contributed by atoms with Crippen molar-refractivity contribution in [1.29, 1.82) is 0 Å². The molecule has 90 valence electrons. The van der Waals surface area contributed by atoms with Gasteiger partial charge in [-0.1, -0.05) is 0 Å². The van der Waals surface area contributed by atoms with Crippen molar-refractivity contribution in [2.75, 3.05) is 6.54 Å². The van der Waals surface area contributed by atoms with E-state index in [9.17, 15) is 9.59 Å². The molecule has 1 aliphatic heterocycles. The summed E-state index contributed by atoms with van der Waals surface area (Å²) >= 11 is 0. The summed E-state index contributed by atoms with van der Waals surface area (Å²) in [5, 5.41) is 12.1. The second kappa shape index (κ2) is 3.83. The molecular formula is C10H13N5O2. The summed E-state index contributed by atoms with van der Waals surface area (Å²) in [6.07, 6.45) is 2.54. The van der Waals surface area contributed by atoms with E-state index in [0.717, 1.165) is 18.7 Å². The number of nitrogens with one attached hydrogen (secondary N) is 3. The normalized spacial score (nSPS) is 23.5. The van der Waals surface area contributed by atoms with Crippen LogP contribution in [0, 0.1) is 0 Å². The van der Waals surface area contributed by atoms with Gasteiger partial charge in [0.05, 0.1) is 6.04 Å². The van der Waals surface area contributed by atoms with Crippen molar-refractivity contribution < 1.29 is 9.59 Å². The number of hydrogen-bond donors (Lipinski definition) is 3. The van der Waals surface area contributed by atoms with Crippen molar-refractivity contribution in [1.82, 2.24) is 25.8 Å². The molecular weight excluding hydrogens is 222 g/mol. The number of H-pyrrole nitrogens is 1. The first-order valence-electron chi connectivity index (χ1n) is 5.72. The van der Waals surface area contributed by atoms with Gasteiger partial charge in [0.1, 0.15) is 5.82 Å². The van der Waals surface area contributed by atoms with Crippen LogP contribution in [0.25, 0.3) is 0 Å². The summed E-state index contributed by atoms with van der Waals surface area (Å²) in [4.78, 5) is 26.9. The Labute approximate surface area is 97.4 Å². The topological polar surface area (TPSA) is 99.8 Å². The zero-order valence-corrected chi connectivity index (χ0v) is 9.19. The highest BCUT2D eigenvalue weighted by Gasteiger charge is 2.29. The number of hydrogen-bond acceptors (Lipinski definition) is 4. The first-order valence-corrected chi connectivity index (χ1v) is 5.72. The molecule has 17 heavy (non-hydrogen) atoms. The predicted molar refractivity (Wildman–Crippen MR) is 57.2 cm³/mol. The van der Waals surface area contributed by atoms with Crippen LogP contribution in [0.15, 0.2) is 0 Å². The monoisotopic (exact) mass is 235 g/mol. The van der Waals surface area contributed by atoms with E-state index in [1.807, 2.05) is 0 Å². The van der Waals surface area contributed by atoms with Crippen LogP contribution in [0.1, 0.15) is 41.6 Å². The molecule has 2 fully saturated rings. The highest BCUT2D eigenvalue weighted by Crippen LogP contribution is 2.37. The summed E-state index contributed by atoms with van der Waals surface area (Å²) in [5.41, 5.74) is 0. The molecule has 0 aromatic carbocycles. The Morgan fingerprint density at radius 3 is 2.88 bits per heavy atom. The number of nitrogens with zero attached hydrogens (tertiary/aromatic N) is 2. The van der Waals surface area contributed by atoms with Crippen LogP contribution in [-0.2, 0) is 4.79 Å². The molecule has 1 saturated heterocycles. The van der Waals surface area contributed by atoms with E-state index in [1.165, 1.54) is 0 Å². The zero-order chi connectivity index (χ0) is 11.8. The predicted octanol–water partition coefficient (Wildman–Crippen LogP) is -0.700. The lowest BCUT2D eigenvalue weighted by Gasteiger charge is -2.07. The molecule has 2 amide bonds. The molecule has 1 unspecified atom stereocenters. The summed E-state index contributed by atoms with van der Waals surface area (Å²) in [6, 6.07) is -0.155. The van der Waals surface area contributed by atoms with E-state index in [0.29, 0.717) is 18.9 Å². The van der Waals surface area contributed by atoms with Gasteiger partial charge in [0.2, 0.25) is 11.7 Å². The zero-order valence-electron chi connectivity index (χ0n) is 9.19. The average Bonchev–Trinajstić information content (AvgIpc) is 2.88. The summed E-state index contributed by atoms with van der Waals surface area (Å²) in [7, 11) is 0. The van der Waals surface area contributed by atoms with Crippen molar-refractivity contribution >= 4 is 11.8 Å². The number of aromatic amines is 1. The number of carbonyl (C=O) groups is 2. The Hall–Kier alpha value is -1.92. The molecule has 0 spiro atoms. The van der Waals surface area contributed by atoms with Gasteiger partial charge in [-0.2, -0.15) is 0 Å². The standard InChI is InChI=1S/C10H13N5O2/c16-7-3-6(4-11-7)12-10(17)9-13-8(14-15-9)5-1-2-5/h5-6H,1-4H2,(H,11,16)(H,12,17)(H,13,14,15). The number of aromatic nitrogens is 3. The van der Waals surface area contributed by atoms with Gasteiger partial charge in [-0.25, -0.2) is 4.98 Å². The van der Waals surface area contributed by atoms with Crippen molar-refractivity contribution in [3.05, 3.63) is 11.6 Å². The van der Waals surface area contributed by atoms with Crippen LogP contribution in [0.5, 0.6) is 0 Å². The minimum Gasteiger partial charge on any atom is -0.354 e. The second-order valence-corrected chi connectivity index (χ2v) is 4.50. The minimum atomic E-state index is -0.324. The summed E-state index contributed by atoms with van der Waals surface area (Å²) in [6.45, 7) is 0.477. The lowest BCUT2D eigenvalue weighted by molar-refractivity contribution is -0.119. The molecule has 0 radical (unpaired) electrons. The highest BCUT2D eigenvalue weighted by molar-refractivity contribution is 5.91. The van der Waals surface area contributed by atoms with Crippen LogP contribution >= 0.6 is 0 Å². The SMILES string of the molecule is O=C1CC(NC(=O)c2n[nH]c(C3CC3)n2)CN1. The molecule has 2 heterocycles. The maximum Gasteiger partial charge on any atom is 0.291 e. The molecule has 2 aliphatic rings. The van der Waals surface area contributed by atoms with E-state index in [-0.39, 0.29) is 23.7 Å². The highest BCUT2D eigenvalue weighted by atomic mass is 16.2. The molecule has 1 aromatic heterocycles. The van der Waals surface area contributed by atoms with Gasteiger partial charge < -0.3 is 10.6 Å². The van der Waals surface area contributed by atoms with E-state index >= 15 is 0 Å². The summed E-state index contributed by atoms with van der Waals surface area (Å²) in [5.74, 6) is 1.03. The maximum absolute atomic E-state index is 11.8. The first kappa shape index (κ1) is 10.2. The van der Waals surface area contributed by atoms with Crippen LogP contribution in [0.3, 0.4) is 0 Å². The first-order chi connectivity index (χ1) is 8.22. The molecule has 1 saturated carbocycles. The Kier molecular flexibility index (Phi) is 2.31. The molecule has 1 atom stereocenters. The van der Waals surface area contributed by atoms with Gasteiger partial charge in [-0.3, -0.25) is 14.7 Å². The van der Waals surface area contributed by atoms with E-state index in [2.05, 4.69) is 25.8 Å². The third-order valence-corrected chi connectivity index (χ3v) is 2.98. The minimum absolute atomic E-state index is 0.0380. The number of rotatable bonds is 3. The third-order valence-electron chi connectivity index (χ3n) is 2.98. The smallest absolute Gasteiger partial charge is 0.291 e. The van der Waals surface area contributed by atoms with Crippen molar-refractivity contribution in [3.63, 3.8) is 0 Å². The van der Waals surface area contributed by atoms with E-state index in [4.69, 9.17) is 0 Å². The Morgan fingerprint density at radius 2 is 2.24 bits per heavy atom. The van der Waals surface area contributed by atoms with Crippen molar-refractivity contribution in [3.8, 4) is 0 Å². The lowest BCUT2D eigenvalue weighted by atomic mass is 10.2. The van der Waals surface area contributed by atoms with E-state index < -0.39 is 0 Å². The van der Waals surface area contributed by atoms with Gasteiger partial charge in [0, 0.05) is 18.9 Å². The van der Waals surface area contributed by atoms with Crippen molar-refractivity contribution in [2.24, 2.45) is 0 Å². The Morgan fingerprint density at radius 1 is 1.41 bits per heavy atom. The van der Waals surface area contributed by atoms with Crippen LogP contribution in [-0.4, -0.2) is 39.6 Å². The fourth-order valence-electron chi connectivity index (χ4n) is 1.87. The molecule has 1 aliphatic carbocycles. The average molecular weight is 235 g/mol. The quantitative estimate of drug-likeness (QED) is 0.645. The largest absolute Gasteiger partial charge is 0.354 e. The Bertz CT molecular complexity index is 465. The van der Waals surface area contributed by atoms with Crippen LogP contribution < -0.4 is 10.6 Å². The molecule has 0 bridgehead atoms. The molecule has 3 rings (SSSR count). The Balaban J connectivity index is 1.62. The van der Waals surface area contributed by atoms with Gasteiger partial charge >= 0.3 is 0 Å². The molecule has 7 heteroatoms. The third kappa shape index (κ3) is 2.13. The summed E-state index contributed by atoms with van der Waals surface area (Å²) < 4.78 is 0. The maximum atomic E-state index is 11.8. The number of amides is 2. The van der Waals surface area contributed by atoms with Gasteiger partial charge in [0.15, 0.2) is 0 Å². The van der Waals surface area contributed by atoms with Crippen LogP contribution in [0.4, 0.5) is 0 Å². The second-order valence-electron chi connectivity index (χ2n) is 4.50.